The normalized spacial score (nSPS) is 12.3. The van der Waals surface area contributed by atoms with Crippen molar-refractivity contribution >= 4 is 21.6 Å². The van der Waals surface area contributed by atoms with Crippen LogP contribution in [0.15, 0.2) is 52.2 Å². The van der Waals surface area contributed by atoms with Crippen LogP contribution in [-0.2, 0) is 0 Å². The van der Waals surface area contributed by atoms with E-state index in [4.69, 9.17) is 4.42 Å². The third-order valence-corrected chi connectivity index (χ3v) is 3.24. The summed E-state index contributed by atoms with van der Waals surface area (Å²) >= 11 is 3.30. The number of nitrogens with one attached hydrogen (secondary N) is 1. The Kier molecular flexibility index (Phi) is 3.51. The molecule has 1 N–H and O–H groups in total. The number of nitrogens with zero attached hydrogens (tertiary/aromatic N) is 4. The average Bonchev–Trinajstić information content (AvgIpc) is 3.10. The van der Waals surface area contributed by atoms with Gasteiger partial charge in [0.05, 0.1) is 11.7 Å². The molecule has 0 aliphatic carbocycles. The summed E-state index contributed by atoms with van der Waals surface area (Å²) in [6, 6.07) is 7.61. The molecule has 1 atom stereocenters. The van der Waals surface area contributed by atoms with E-state index in [1.807, 2.05) is 31.2 Å². The molecule has 0 aliphatic rings. The van der Waals surface area contributed by atoms with E-state index < -0.39 is 0 Å². The van der Waals surface area contributed by atoms with Crippen molar-refractivity contribution in [3.63, 3.8) is 0 Å². The fourth-order valence-electron chi connectivity index (χ4n) is 1.88. The van der Waals surface area contributed by atoms with Gasteiger partial charge in [0, 0.05) is 6.20 Å². The Morgan fingerprint density at radius 2 is 2.25 bits per heavy atom. The standard InChI is InChI=1S/C13H12BrN5O/c1-9(11-4-5-12(14)20-11)18-10-3-2-6-16-13(10)19-8-15-7-17-19/h2-9,18H,1H3. The number of pyridine rings is 1. The molecule has 1 unspecified atom stereocenters. The molecule has 3 aromatic heterocycles. The number of halogens is 1. The van der Waals surface area contributed by atoms with Gasteiger partial charge in [-0.3, -0.25) is 0 Å². The van der Waals surface area contributed by atoms with Crippen molar-refractivity contribution < 1.29 is 4.42 Å². The quantitative estimate of drug-likeness (QED) is 0.794. The van der Waals surface area contributed by atoms with Gasteiger partial charge >= 0.3 is 0 Å². The van der Waals surface area contributed by atoms with Gasteiger partial charge in [-0.05, 0) is 47.1 Å². The van der Waals surface area contributed by atoms with E-state index in [0.29, 0.717) is 10.5 Å². The summed E-state index contributed by atoms with van der Waals surface area (Å²) in [4.78, 5) is 8.27. The number of hydrogen-bond donors (Lipinski definition) is 1. The summed E-state index contributed by atoms with van der Waals surface area (Å²) in [5.41, 5.74) is 0.859. The fourth-order valence-corrected chi connectivity index (χ4v) is 2.19. The molecule has 0 fully saturated rings. The minimum absolute atomic E-state index is 0.00720. The molecule has 0 aromatic carbocycles. The number of furan rings is 1. The van der Waals surface area contributed by atoms with Gasteiger partial charge in [0.25, 0.3) is 0 Å². The van der Waals surface area contributed by atoms with Crippen molar-refractivity contribution in [1.29, 1.82) is 0 Å². The second-order valence-corrected chi connectivity index (χ2v) is 5.00. The molecule has 0 aliphatic heterocycles. The number of anilines is 1. The molecule has 6 nitrogen and oxygen atoms in total. The summed E-state index contributed by atoms with van der Waals surface area (Å²) in [7, 11) is 0. The molecule has 0 spiro atoms. The molecule has 102 valence electrons. The summed E-state index contributed by atoms with van der Waals surface area (Å²) in [6.45, 7) is 2.02. The monoisotopic (exact) mass is 333 g/mol. The van der Waals surface area contributed by atoms with Gasteiger partial charge in [-0.15, -0.1) is 0 Å². The van der Waals surface area contributed by atoms with E-state index in [-0.39, 0.29) is 6.04 Å². The van der Waals surface area contributed by atoms with Gasteiger partial charge in [-0.1, -0.05) is 0 Å². The first kappa shape index (κ1) is 12.9. The van der Waals surface area contributed by atoms with E-state index in [0.717, 1.165) is 11.4 Å². The minimum Gasteiger partial charge on any atom is -0.452 e. The molecule has 0 saturated carbocycles. The molecule has 3 aromatic rings. The van der Waals surface area contributed by atoms with Gasteiger partial charge in [0.1, 0.15) is 18.4 Å². The van der Waals surface area contributed by atoms with Crippen LogP contribution in [0.1, 0.15) is 18.7 Å². The van der Waals surface area contributed by atoms with Crippen LogP contribution in [0.5, 0.6) is 0 Å². The zero-order valence-corrected chi connectivity index (χ0v) is 12.3. The lowest BCUT2D eigenvalue weighted by molar-refractivity contribution is 0.471. The summed E-state index contributed by atoms with van der Waals surface area (Å²) < 4.78 is 7.88. The predicted octanol–water partition coefficient (Wildman–Crippen LogP) is 3.19. The topological polar surface area (TPSA) is 68.8 Å². The zero-order valence-electron chi connectivity index (χ0n) is 10.7. The largest absolute Gasteiger partial charge is 0.452 e. The van der Waals surface area contributed by atoms with Gasteiger partial charge in [-0.2, -0.15) is 5.10 Å². The maximum absolute atomic E-state index is 5.55. The SMILES string of the molecule is CC(Nc1cccnc1-n1cncn1)c1ccc(Br)o1. The highest BCUT2D eigenvalue weighted by Crippen LogP contribution is 2.25. The Morgan fingerprint density at radius 3 is 2.95 bits per heavy atom. The van der Waals surface area contributed by atoms with Crippen LogP contribution in [-0.4, -0.2) is 19.7 Å². The molecule has 7 heteroatoms. The van der Waals surface area contributed by atoms with E-state index in [1.165, 1.54) is 6.33 Å². The predicted molar refractivity (Wildman–Crippen MR) is 77.6 cm³/mol. The summed E-state index contributed by atoms with van der Waals surface area (Å²) in [6.07, 6.45) is 4.81. The van der Waals surface area contributed by atoms with E-state index >= 15 is 0 Å². The molecule has 20 heavy (non-hydrogen) atoms. The lowest BCUT2D eigenvalue weighted by Crippen LogP contribution is -2.10. The Hall–Kier alpha value is -2.15. The van der Waals surface area contributed by atoms with Gasteiger partial charge in [-0.25, -0.2) is 14.6 Å². The minimum atomic E-state index is 0.00720. The Balaban J connectivity index is 1.88. The van der Waals surface area contributed by atoms with Crippen molar-refractivity contribution in [3.05, 3.63) is 53.5 Å². The van der Waals surface area contributed by atoms with E-state index in [2.05, 4.69) is 36.3 Å². The highest BCUT2D eigenvalue weighted by molar-refractivity contribution is 9.10. The van der Waals surface area contributed by atoms with Crippen molar-refractivity contribution in [2.24, 2.45) is 0 Å². The molecule has 0 amide bonds. The number of hydrogen-bond acceptors (Lipinski definition) is 5. The van der Waals surface area contributed by atoms with Gasteiger partial charge in [0.2, 0.25) is 0 Å². The Labute approximate surface area is 124 Å². The molecular weight excluding hydrogens is 322 g/mol. The number of rotatable bonds is 4. The molecule has 3 rings (SSSR count). The smallest absolute Gasteiger partial charge is 0.178 e. The first-order chi connectivity index (χ1) is 9.74. The van der Waals surface area contributed by atoms with Crippen molar-refractivity contribution in [2.45, 2.75) is 13.0 Å². The maximum Gasteiger partial charge on any atom is 0.178 e. The highest BCUT2D eigenvalue weighted by atomic mass is 79.9. The average molecular weight is 334 g/mol. The summed E-state index contributed by atoms with van der Waals surface area (Å²) in [5, 5.41) is 7.47. The number of aromatic nitrogens is 4. The Bertz CT molecular complexity index is 694. The molecule has 0 bridgehead atoms. The molecule has 3 heterocycles. The third-order valence-electron chi connectivity index (χ3n) is 2.82. The molecule has 0 saturated heterocycles. The van der Waals surface area contributed by atoms with Crippen LogP contribution in [0, 0.1) is 0 Å². The van der Waals surface area contributed by atoms with Crippen LogP contribution < -0.4 is 5.32 Å². The van der Waals surface area contributed by atoms with Crippen LogP contribution in [0.4, 0.5) is 5.69 Å². The van der Waals surface area contributed by atoms with E-state index in [1.54, 1.807) is 17.2 Å². The van der Waals surface area contributed by atoms with Crippen molar-refractivity contribution in [3.8, 4) is 5.82 Å². The van der Waals surface area contributed by atoms with Gasteiger partial charge < -0.3 is 9.73 Å². The summed E-state index contributed by atoms with van der Waals surface area (Å²) in [5.74, 6) is 1.53. The van der Waals surface area contributed by atoms with Gasteiger partial charge in [0.15, 0.2) is 10.5 Å². The Morgan fingerprint density at radius 1 is 1.35 bits per heavy atom. The lowest BCUT2D eigenvalue weighted by Gasteiger charge is -2.15. The van der Waals surface area contributed by atoms with Crippen LogP contribution >= 0.6 is 15.9 Å². The zero-order chi connectivity index (χ0) is 13.9. The molecule has 0 radical (unpaired) electrons. The lowest BCUT2D eigenvalue weighted by atomic mass is 10.2. The second kappa shape index (κ2) is 5.46. The van der Waals surface area contributed by atoms with Crippen LogP contribution in [0.3, 0.4) is 0 Å². The highest BCUT2D eigenvalue weighted by Gasteiger charge is 2.13. The third kappa shape index (κ3) is 2.57. The first-order valence-corrected chi connectivity index (χ1v) is 6.85. The van der Waals surface area contributed by atoms with Crippen molar-refractivity contribution in [1.82, 2.24) is 19.7 Å². The van der Waals surface area contributed by atoms with Crippen LogP contribution in [0.25, 0.3) is 5.82 Å². The fraction of sp³-hybridized carbons (Fsp3) is 0.154. The molecular formula is C13H12BrN5O. The van der Waals surface area contributed by atoms with E-state index in [9.17, 15) is 0 Å². The first-order valence-electron chi connectivity index (χ1n) is 6.06. The maximum atomic E-state index is 5.55. The van der Waals surface area contributed by atoms with Crippen molar-refractivity contribution in [2.75, 3.05) is 5.32 Å². The van der Waals surface area contributed by atoms with Crippen LogP contribution in [0.2, 0.25) is 0 Å². The second-order valence-electron chi connectivity index (χ2n) is 4.22.